The predicted molar refractivity (Wildman–Crippen MR) is 72.1 cm³/mol. The van der Waals surface area contributed by atoms with Crippen LogP contribution in [-0.2, 0) is 10.2 Å². The minimum atomic E-state index is 0.234. The standard InChI is InChI=1S/C15H23NO/c1-12(2)17-11-15(9-3-4-10-15)13-5-7-14(16)8-6-13/h5-8,12H,3-4,9-11,16H2,1-2H3. The van der Waals surface area contributed by atoms with Crippen molar-refractivity contribution < 1.29 is 4.74 Å². The van der Waals surface area contributed by atoms with Crippen molar-refractivity contribution in [3.63, 3.8) is 0 Å². The Bertz CT molecular complexity index is 350. The van der Waals surface area contributed by atoms with Crippen molar-refractivity contribution in [2.45, 2.75) is 51.0 Å². The van der Waals surface area contributed by atoms with E-state index in [1.165, 1.54) is 31.2 Å². The Morgan fingerprint density at radius 2 is 1.76 bits per heavy atom. The summed E-state index contributed by atoms with van der Waals surface area (Å²) in [6.07, 6.45) is 5.41. The second-order valence-corrected chi connectivity index (χ2v) is 5.47. The molecular weight excluding hydrogens is 210 g/mol. The summed E-state index contributed by atoms with van der Waals surface area (Å²) in [5, 5.41) is 0. The summed E-state index contributed by atoms with van der Waals surface area (Å²) in [6.45, 7) is 5.05. The van der Waals surface area contributed by atoms with E-state index in [9.17, 15) is 0 Å². The van der Waals surface area contributed by atoms with Crippen LogP contribution in [0.1, 0.15) is 45.1 Å². The molecule has 0 spiro atoms. The molecule has 2 nitrogen and oxygen atoms in total. The minimum absolute atomic E-state index is 0.234. The van der Waals surface area contributed by atoms with Crippen molar-refractivity contribution in [1.29, 1.82) is 0 Å². The Morgan fingerprint density at radius 3 is 2.29 bits per heavy atom. The Labute approximate surface area is 104 Å². The molecule has 94 valence electrons. The molecule has 2 heteroatoms. The van der Waals surface area contributed by atoms with Gasteiger partial charge in [0.1, 0.15) is 0 Å². The molecule has 1 fully saturated rings. The summed E-state index contributed by atoms with van der Waals surface area (Å²) in [4.78, 5) is 0. The third kappa shape index (κ3) is 2.81. The largest absolute Gasteiger partial charge is 0.399 e. The number of hydrogen-bond donors (Lipinski definition) is 1. The average Bonchev–Trinajstić information content (AvgIpc) is 2.77. The molecule has 1 aromatic carbocycles. The fraction of sp³-hybridized carbons (Fsp3) is 0.600. The zero-order valence-corrected chi connectivity index (χ0v) is 10.9. The number of anilines is 1. The molecular formula is C15H23NO. The van der Waals surface area contributed by atoms with Gasteiger partial charge in [-0.15, -0.1) is 0 Å². The molecule has 0 radical (unpaired) electrons. The Kier molecular flexibility index (Phi) is 3.72. The average molecular weight is 233 g/mol. The Morgan fingerprint density at radius 1 is 1.18 bits per heavy atom. The summed E-state index contributed by atoms with van der Waals surface area (Å²) in [5.41, 5.74) is 8.23. The summed E-state index contributed by atoms with van der Waals surface area (Å²) in [7, 11) is 0. The van der Waals surface area contributed by atoms with E-state index in [2.05, 4.69) is 26.0 Å². The van der Waals surface area contributed by atoms with Crippen molar-refractivity contribution in [1.82, 2.24) is 0 Å². The molecule has 0 atom stereocenters. The molecule has 0 saturated heterocycles. The van der Waals surface area contributed by atoms with E-state index in [4.69, 9.17) is 10.5 Å². The molecule has 0 aliphatic heterocycles. The van der Waals surface area contributed by atoms with Crippen LogP contribution in [0.25, 0.3) is 0 Å². The highest BCUT2D eigenvalue weighted by Crippen LogP contribution is 2.41. The summed E-state index contributed by atoms with van der Waals surface area (Å²) < 4.78 is 5.88. The fourth-order valence-electron chi connectivity index (χ4n) is 2.73. The van der Waals surface area contributed by atoms with Crippen LogP contribution in [-0.4, -0.2) is 12.7 Å². The van der Waals surface area contributed by atoms with E-state index < -0.39 is 0 Å². The first-order valence-electron chi connectivity index (χ1n) is 6.60. The molecule has 0 heterocycles. The molecule has 0 unspecified atom stereocenters. The maximum Gasteiger partial charge on any atom is 0.0566 e. The van der Waals surface area contributed by atoms with Gasteiger partial charge in [-0.2, -0.15) is 0 Å². The van der Waals surface area contributed by atoms with E-state index in [1.807, 2.05) is 12.1 Å². The maximum atomic E-state index is 5.88. The van der Waals surface area contributed by atoms with Crippen LogP contribution >= 0.6 is 0 Å². The van der Waals surface area contributed by atoms with Crippen LogP contribution in [0.5, 0.6) is 0 Å². The highest BCUT2D eigenvalue weighted by molar-refractivity contribution is 5.42. The van der Waals surface area contributed by atoms with E-state index in [0.29, 0.717) is 6.10 Å². The smallest absolute Gasteiger partial charge is 0.0566 e. The first-order chi connectivity index (χ1) is 8.12. The van der Waals surface area contributed by atoms with Crippen LogP contribution in [0, 0.1) is 0 Å². The van der Waals surface area contributed by atoms with Gasteiger partial charge in [0.2, 0.25) is 0 Å². The molecule has 2 N–H and O–H groups in total. The van der Waals surface area contributed by atoms with Gasteiger partial charge in [0.25, 0.3) is 0 Å². The molecule has 17 heavy (non-hydrogen) atoms. The SMILES string of the molecule is CC(C)OCC1(c2ccc(N)cc2)CCCC1. The molecule has 1 saturated carbocycles. The Hall–Kier alpha value is -1.02. The Balaban J connectivity index is 2.18. The normalized spacial score (nSPS) is 18.8. The summed E-state index contributed by atoms with van der Waals surface area (Å²) in [6, 6.07) is 8.35. The topological polar surface area (TPSA) is 35.2 Å². The van der Waals surface area contributed by atoms with Crippen LogP contribution in [0.4, 0.5) is 5.69 Å². The first-order valence-corrected chi connectivity index (χ1v) is 6.60. The molecule has 0 bridgehead atoms. The van der Waals surface area contributed by atoms with Crippen LogP contribution in [0.15, 0.2) is 24.3 Å². The fourth-order valence-corrected chi connectivity index (χ4v) is 2.73. The number of nitrogen functional groups attached to an aromatic ring is 1. The number of benzene rings is 1. The van der Waals surface area contributed by atoms with Crippen molar-refractivity contribution in [2.75, 3.05) is 12.3 Å². The van der Waals surface area contributed by atoms with Gasteiger partial charge in [0.05, 0.1) is 12.7 Å². The third-order valence-electron chi connectivity index (χ3n) is 3.78. The highest BCUT2D eigenvalue weighted by Gasteiger charge is 2.36. The number of nitrogens with two attached hydrogens (primary N) is 1. The lowest BCUT2D eigenvalue weighted by atomic mass is 9.79. The molecule has 1 aliphatic rings. The zero-order valence-electron chi connectivity index (χ0n) is 10.9. The van der Waals surface area contributed by atoms with E-state index in [1.54, 1.807) is 0 Å². The van der Waals surface area contributed by atoms with Gasteiger partial charge in [-0.25, -0.2) is 0 Å². The van der Waals surface area contributed by atoms with E-state index in [-0.39, 0.29) is 5.41 Å². The molecule has 2 rings (SSSR count). The van der Waals surface area contributed by atoms with E-state index in [0.717, 1.165) is 12.3 Å². The van der Waals surface area contributed by atoms with Gasteiger partial charge in [-0.1, -0.05) is 25.0 Å². The van der Waals surface area contributed by atoms with Gasteiger partial charge in [-0.05, 0) is 44.4 Å². The lowest BCUT2D eigenvalue weighted by molar-refractivity contribution is 0.0389. The van der Waals surface area contributed by atoms with Crippen LogP contribution in [0.3, 0.4) is 0 Å². The van der Waals surface area contributed by atoms with Crippen LogP contribution < -0.4 is 5.73 Å². The van der Waals surface area contributed by atoms with Crippen molar-refractivity contribution in [3.05, 3.63) is 29.8 Å². The van der Waals surface area contributed by atoms with Gasteiger partial charge in [0, 0.05) is 11.1 Å². The second-order valence-electron chi connectivity index (χ2n) is 5.47. The lowest BCUT2D eigenvalue weighted by Crippen LogP contribution is -2.30. The lowest BCUT2D eigenvalue weighted by Gasteiger charge is -2.30. The quantitative estimate of drug-likeness (QED) is 0.808. The van der Waals surface area contributed by atoms with Crippen molar-refractivity contribution in [3.8, 4) is 0 Å². The first kappa shape index (κ1) is 12.4. The van der Waals surface area contributed by atoms with Crippen molar-refractivity contribution in [2.24, 2.45) is 0 Å². The minimum Gasteiger partial charge on any atom is -0.399 e. The van der Waals surface area contributed by atoms with Crippen LogP contribution in [0.2, 0.25) is 0 Å². The van der Waals surface area contributed by atoms with Gasteiger partial charge in [0.15, 0.2) is 0 Å². The predicted octanol–water partition coefficient (Wildman–Crippen LogP) is 3.51. The van der Waals surface area contributed by atoms with Crippen molar-refractivity contribution >= 4 is 5.69 Å². The van der Waals surface area contributed by atoms with Gasteiger partial charge < -0.3 is 10.5 Å². The molecule has 1 aromatic rings. The number of hydrogen-bond acceptors (Lipinski definition) is 2. The number of ether oxygens (including phenoxy) is 1. The van der Waals surface area contributed by atoms with Gasteiger partial charge in [-0.3, -0.25) is 0 Å². The zero-order chi connectivity index (χ0) is 12.3. The maximum absolute atomic E-state index is 5.88. The summed E-state index contributed by atoms with van der Waals surface area (Å²) in [5.74, 6) is 0. The monoisotopic (exact) mass is 233 g/mol. The molecule has 0 aromatic heterocycles. The van der Waals surface area contributed by atoms with E-state index >= 15 is 0 Å². The third-order valence-corrected chi connectivity index (χ3v) is 3.78. The second kappa shape index (κ2) is 5.09. The highest BCUT2D eigenvalue weighted by atomic mass is 16.5. The summed E-state index contributed by atoms with van der Waals surface area (Å²) >= 11 is 0. The van der Waals surface area contributed by atoms with Gasteiger partial charge >= 0.3 is 0 Å². The number of rotatable bonds is 4. The molecule has 0 amide bonds. The molecule has 1 aliphatic carbocycles.